The summed E-state index contributed by atoms with van der Waals surface area (Å²) < 4.78 is 0. The van der Waals surface area contributed by atoms with Crippen molar-refractivity contribution < 1.29 is 15.0 Å². The van der Waals surface area contributed by atoms with Crippen LogP contribution in [0, 0.1) is 0 Å². The van der Waals surface area contributed by atoms with Crippen LogP contribution in [0.4, 0.5) is 0 Å². The van der Waals surface area contributed by atoms with Gasteiger partial charge in [0.1, 0.15) is 0 Å². The molecule has 23 heavy (non-hydrogen) atoms. The molecule has 3 N–H and O–H groups in total. The number of hydrogen-bond donors (Lipinski definition) is 3. The minimum atomic E-state index is -0.849. The molecule has 1 amide bonds. The third kappa shape index (κ3) is 3.89. The van der Waals surface area contributed by atoms with Crippen LogP contribution in [-0.4, -0.2) is 28.3 Å². The summed E-state index contributed by atoms with van der Waals surface area (Å²) in [4.78, 5) is 12.0. The van der Waals surface area contributed by atoms with Crippen LogP contribution in [0.25, 0.3) is 10.8 Å². The zero-order chi connectivity index (χ0) is 16.3. The van der Waals surface area contributed by atoms with Crippen molar-refractivity contribution in [1.82, 2.24) is 5.32 Å². The topological polar surface area (TPSA) is 69.6 Å². The number of hydrogen-bond acceptors (Lipinski definition) is 3. The molecule has 3 rings (SSSR count). The van der Waals surface area contributed by atoms with E-state index in [4.69, 9.17) is 0 Å². The Balaban J connectivity index is 1.57. The van der Waals surface area contributed by atoms with Gasteiger partial charge in [0, 0.05) is 6.54 Å². The maximum absolute atomic E-state index is 12.0. The van der Waals surface area contributed by atoms with Crippen LogP contribution in [0.15, 0.2) is 42.5 Å². The van der Waals surface area contributed by atoms with Crippen LogP contribution in [0.1, 0.15) is 43.8 Å². The molecule has 1 fully saturated rings. The van der Waals surface area contributed by atoms with Gasteiger partial charge in [-0.2, -0.15) is 0 Å². The number of aliphatic hydroxyl groups is 2. The smallest absolute Gasteiger partial charge is 0.222 e. The van der Waals surface area contributed by atoms with E-state index in [1.165, 1.54) is 0 Å². The van der Waals surface area contributed by atoms with Crippen molar-refractivity contribution >= 4 is 16.7 Å². The van der Waals surface area contributed by atoms with Gasteiger partial charge in [-0.15, -0.1) is 0 Å². The number of nitrogens with one attached hydrogen (secondary N) is 1. The molecule has 122 valence electrons. The predicted molar refractivity (Wildman–Crippen MR) is 90.0 cm³/mol. The van der Waals surface area contributed by atoms with Crippen molar-refractivity contribution in [1.29, 1.82) is 0 Å². The lowest BCUT2D eigenvalue weighted by atomic mass is 9.97. The average molecular weight is 313 g/mol. The third-order valence-corrected chi connectivity index (χ3v) is 4.67. The van der Waals surface area contributed by atoms with Gasteiger partial charge in [-0.3, -0.25) is 4.79 Å². The minimum absolute atomic E-state index is 0.122. The first-order valence-electron chi connectivity index (χ1n) is 8.22. The number of aliphatic hydroxyl groups excluding tert-OH is 1. The first kappa shape index (κ1) is 16.0. The molecule has 1 saturated carbocycles. The van der Waals surface area contributed by atoms with Gasteiger partial charge in [0.15, 0.2) is 0 Å². The summed E-state index contributed by atoms with van der Waals surface area (Å²) in [6, 6.07) is 13.8. The molecular formula is C19H23NO3. The highest BCUT2D eigenvalue weighted by atomic mass is 16.3. The fourth-order valence-corrected chi connectivity index (χ4v) is 3.31. The van der Waals surface area contributed by atoms with E-state index >= 15 is 0 Å². The molecule has 0 aromatic heterocycles. The number of amides is 1. The van der Waals surface area contributed by atoms with E-state index in [1.54, 1.807) is 0 Å². The number of fused-ring (bicyclic) bond motifs is 1. The SMILES string of the molecule is O=C(CC1(O)CCCC1)NCC(O)c1ccc2ccccc2c1. The number of carbonyl (C=O) groups excluding carboxylic acids is 1. The molecule has 0 radical (unpaired) electrons. The van der Waals surface area contributed by atoms with Crippen molar-refractivity contribution in [2.75, 3.05) is 6.54 Å². The van der Waals surface area contributed by atoms with Gasteiger partial charge < -0.3 is 15.5 Å². The maximum atomic E-state index is 12.0. The van der Waals surface area contributed by atoms with Crippen LogP contribution in [-0.2, 0) is 4.79 Å². The number of rotatable bonds is 5. The lowest BCUT2D eigenvalue weighted by molar-refractivity contribution is -0.126. The van der Waals surface area contributed by atoms with Crippen molar-refractivity contribution in [2.45, 2.75) is 43.8 Å². The summed E-state index contributed by atoms with van der Waals surface area (Å²) in [5.74, 6) is -0.200. The first-order valence-corrected chi connectivity index (χ1v) is 8.22. The molecule has 0 aliphatic heterocycles. The molecule has 2 aromatic carbocycles. The normalized spacial score (nSPS) is 18.0. The molecular weight excluding hydrogens is 290 g/mol. The van der Waals surface area contributed by atoms with Crippen molar-refractivity contribution in [2.24, 2.45) is 0 Å². The van der Waals surface area contributed by atoms with E-state index in [0.717, 1.165) is 29.2 Å². The van der Waals surface area contributed by atoms with Gasteiger partial charge in [0.05, 0.1) is 18.1 Å². The molecule has 1 atom stereocenters. The second-order valence-electron chi connectivity index (χ2n) is 6.53. The van der Waals surface area contributed by atoms with Gasteiger partial charge in [-0.1, -0.05) is 49.2 Å². The molecule has 0 heterocycles. The molecule has 0 spiro atoms. The molecule has 2 aromatic rings. The van der Waals surface area contributed by atoms with Gasteiger partial charge in [0.2, 0.25) is 5.91 Å². The number of benzene rings is 2. The second kappa shape index (κ2) is 6.69. The molecule has 1 aliphatic rings. The van der Waals surface area contributed by atoms with Crippen LogP contribution in [0.2, 0.25) is 0 Å². The van der Waals surface area contributed by atoms with Crippen LogP contribution in [0.5, 0.6) is 0 Å². The Kier molecular flexibility index (Phi) is 4.64. The molecule has 4 nitrogen and oxygen atoms in total. The average Bonchev–Trinajstić information content (AvgIpc) is 2.98. The molecule has 1 unspecified atom stereocenters. The maximum Gasteiger partial charge on any atom is 0.222 e. The minimum Gasteiger partial charge on any atom is -0.389 e. The lowest BCUT2D eigenvalue weighted by Gasteiger charge is -2.21. The Morgan fingerprint density at radius 3 is 2.57 bits per heavy atom. The largest absolute Gasteiger partial charge is 0.389 e. The Bertz CT molecular complexity index is 692. The summed E-state index contributed by atoms with van der Waals surface area (Å²) in [6.45, 7) is 0.160. The Hall–Kier alpha value is -1.91. The van der Waals surface area contributed by atoms with Crippen molar-refractivity contribution in [3.05, 3.63) is 48.0 Å². The zero-order valence-electron chi connectivity index (χ0n) is 13.2. The van der Waals surface area contributed by atoms with Crippen LogP contribution >= 0.6 is 0 Å². The highest BCUT2D eigenvalue weighted by Crippen LogP contribution is 2.32. The van der Waals surface area contributed by atoms with E-state index in [2.05, 4.69) is 5.32 Å². The monoisotopic (exact) mass is 313 g/mol. The summed E-state index contributed by atoms with van der Waals surface area (Å²) in [6.07, 6.45) is 2.70. The van der Waals surface area contributed by atoms with E-state index in [9.17, 15) is 15.0 Å². The van der Waals surface area contributed by atoms with Gasteiger partial charge in [-0.25, -0.2) is 0 Å². The van der Waals surface area contributed by atoms with Crippen molar-refractivity contribution in [3.8, 4) is 0 Å². The third-order valence-electron chi connectivity index (χ3n) is 4.67. The predicted octanol–water partition coefficient (Wildman–Crippen LogP) is 2.68. The summed E-state index contributed by atoms with van der Waals surface area (Å²) in [7, 11) is 0. The summed E-state index contributed by atoms with van der Waals surface area (Å²) >= 11 is 0. The molecule has 4 heteroatoms. The van der Waals surface area contributed by atoms with Crippen LogP contribution < -0.4 is 5.32 Å². The highest BCUT2D eigenvalue weighted by molar-refractivity contribution is 5.83. The van der Waals surface area contributed by atoms with Crippen molar-refractivity contribution in [3.63, 3.8) is 0 Å². The van der Waals surface area contributed by atoms with E-state index in [1.807, 2.05) is 42.5 Å². The summed E-state index contributed by atoms with van der Waals surface area (Å²) in [5, 5.41) is 25.4. The molecule has 1 aliphatic carbocycles. The Morgan fingerprint density at radius 2 is 1.83 bits per heavy atom. The molecule has 0 saturated heterocycles. The first-order chi connectivity index (χ1) is 11.1. The van der Waals surface area contributed by atoms with E-state index < -0.39 is 11.7 Å². The Morgan fingerprint density at radius 1 is 1.13 bits per heavy atom. The van der Waals surface area contributed by atoms with Gasteiger partial charge in [0.25, 0.3) is 0 Å². The van der Waals surface area contributed by atoms with E-state index in [-0.39, 0.29) is 18.9 Å². The summed E-state index contributed by atoms with van der Waals surface area (Å²) in [5.41, 5.74) is -0.0681. The van der Waals surface area contributed by atoms with E-state index in [0.29, 0.717) is 12.8 Å². The fourth-order valence-electron chi connectivity index (χ4n) is 3.31. The van der Waals surface area contributed by atoms with Gasteiger partial charge >= 0.3 is 0 Å². The second-order valence-corrected chi connectivity index (χ2v) is 6.53. The molecule has 0 bridgehead atoms. The number of carbonyl (C=O) groups is 1. The fraction of sp³-hybridized carbons (Fsp3) is 0.421. The van der Waals surface area contributed by atoms with Crippen LogP contribution in [0.3, 0.4) is 0 Å². The lowest BCUT2D eigenvalue weighted by Crippen LogP contribution is -2.36. The quantitative estimate of drug-likeness (QED) is 0.795. The zero-order valence-corrected chi connectivity index (χ0v) is 13.2. The standard InChI is InChI=1S/C19H23NO3/c21-17(13-20-18(22)12-19(23)9-3-4-10-19)16-8-7-14-5-1-2-6-15(14)11-16/h1-2,5-8,11,17,21,23H,3-4,9-10,12-13H2,(H,20,22). The van der Waals surface area contributed by atoms with Gasteiger partial charge in [-0.05, 0) is 35.2 Å². The Labute approximate surface area is 136 Å². The highest BCUT2D eigenvalue weighted by Gasteiger charge is 2.33.